The van der Waals surface area contributed by atoms with Gasteiger partial charge in [-0.25, -0.2) is 0 Å². The Morgan fingerprint density at radius 1 is 1.11 bits per heavy atom. The molecule has 1 fully saturated rings. The van der Waals surface area contributed by atoms with Crippen LogP contribution in [0.4, 0.5) is 0 Å². The Bertz CT molecular complexity index is 971. The molecule has 0 spiro atoms. The highest BCUT2D eigenvalue weighted by atomic mass is 16.3. The molecule has 27 heavy (non-hydrogen) atoms. The first-order valence-corrected chi connectivity index (χ1v) is 9.31. The molecule has 1 amide bonds. The van der Waals surface area contributed by atoms with Crippen LogP contribution in [0.25, 0.3) is 11.0 Å². The second-order valence-corrected chi connectivity index (χ2v) is 6.81. The summed E-state index contributed by atoms with van der Waals surface area (Å²) in [6.45, 7) is 2.35. The van der Waals surface area contributed by atoms with Gasteiger partial charge in [0.15, 0.2) is 11.2 Å². The summed E-state index contributed by atoms with van der Waals surface area (Å²) in [5.41, 5.74) is 0.189. The lowest BCUT2D eigenvalue weighted by molar-refractivity contribution is 0.0888. The number of carbonyl (C=O) groups excluding carboxylic acids is 1. The SMILES string of the molecule is O=C(NC[C@H](c1ccco1)N1CCCCC1)c1cc(=O)c2ccccc2o1. The van der Waals surface area contributed by atoms with Crippen LogP contribution in [0, 0.1) is 0 Å². The standard InChI is InChI=1S/C21H22N2O4/c24-17-13-20(27-18-8-3-2-7-15(17)18)21(25)22-14-16(19-9-6-12-26-19)23-10-4-1-5-11-23/h2-3,6-9,12-13,16H,1,4-5,10-11,14H2,(H,22,25)/t16-/m1/s1. The Balaban J connectivity index is 1.52. The highest BCUT2D eigenvalue weighted by Crippen LogP contribution is 2.24. The van der Waals surface area contributed by atoms with Gasteiger partial charge in [0, 0.05) is 12.6 Å². The lowest BCUT2D eigenvalue weighted by atomic mass is 10.1. The Kier molecular flexibility index (Phi) is 5.07. The molecule has 4 rings (SSSR count). The Morgan fingerprint density at radius 3 is 2.70 bits per heavy atom. The van der Waals surface area contributed by atoms with E-state index in [1.807, 2.05) is 12.1 Å². The summed E-state index contributed by atoms with van der Waals surface area (Å²) in [5.74, 6) is 0.458. The maximum atomic E-state index is 12.6. The lowest BCUT2D eigenvalue weighted by Gasteiger charge is -2.33. The molecule has 6 nitrogen and oxygen atoms in total. The van der Waals surface area contributed by atoms with E-state index < -0.39 is 5.91 Å². The van der Waals surface area contributed by atoms with Gasteiger partial charge in [-0.1, -0.05) is 18.6 Å². The molecule has 0 unspecified atom stereocenters. The predicted octanol–water partition coefficient (Wildman–Crippen LogP) is 3.34. The summed E-state index contributed by atoms with van der Waals surface area (Å²) in [4.78, 5) is 27.2. The van der Waals surface area contributed by atoms with Crippen LogP contribution in [0.15, 0.2) is 62.4 Å². The number of piperidine rings is 1. The van der Waals surface area contributed by atoms with Crippen LogP contribution >= 0.6 is 0 Å². The summed E-state index contributed by atoms with van der Waals surface area (Å²) >= 11 is 0. The Labute approximate surface area is 156 Å². The molecule has 0 radical (unpaired) electrons. The number of fused-ring (bicyclic) bond motifs is 1. The van der Waals surface area contributed by atoms with Crippen molar-refractivity contribution in [3.63, 3.8) is 0 Å². The molecular formula is C21H22N2O4. The van der Waals surface area contributed by atoms with Crippen LogP contribution in [-0.4, -0.2) is 30.4 Å². The molecule has 0 bridgehead atoms. The molecule has 6 heteroatoms. The zero-order chi connectivity index (χ0) is 18.6. The number of hydrogen-bond donors (Lipinski definition) is 1. The molecule has 2 aromatic heterocycles. The summed E-state index contributed by atoms with van der Waals surface area (Å²) in [7, 11) is 0. The fourth-order valence-corrected chi connectivity index (χ4v) is 3.61. The number of likely N-dealkylation sites (tertiary alicyclic amines) is 1. The van der Waals surface area contributed by atoms with E-state index in [-0.39, 0.29) is 17.2 Å². The highest BCUT2D eigenvalue weighted by Gasteiger charge is 2.25. The minimum absolute atomic E-state index is 0.0236. The van der Waals surface area contributed by atoms with Crippen LogP contribution in [0.3, 0.4) is 0 Å². The van der Waals surface area contributed by atoms with Gasteiger partial charge in [-0.2, -0.15) is 0 Å². The topological polar surface area (TPSA) is 75.7 Å². The molecule has 0 aliphatic carbocycles. The summed E-state index contributed by atoms with van der Waals surface area (Å²) in [6, 6.07) is 11.9. The molecule has 0 saturated carbocycles. The maximum Gasteiger partial charge on any atom is 0.287 e. The normalized spacial score (nSPS) is 16.3. The van der Waals surface area contributed by atoms with Crippen molar-refractivity contribution in [2.45, 2.75) is 25.3 Å². The predicted molar refractivity (Wildman–Crippen MR) is 102 cm³/mol. The third-order valence-electron chi connectivity index (χ3n) is 5.02. The number of nitrogens with one attached hydrogen (secondary N) is 1. The van der Waals surface area contributed by atoms with Crippen molar-refractivity contribution in [2.24, 2.45) is 0 Å². The maximum absolute atomic E-state index is 12.6. The fraction of sp³-hybridized carbons (Fsp3) is 0.333. The monoisotopic (exact) mass is 366 g/mol. The van der Waals surface area contributed by atoms with Gasteiger partial charge >= 0.3 is 0 Å². The Hall–Kier alpha value is -2.86. The molecule has 1 atom stereocenters. The van der Waals surface area contributed by atoms with Crippen LogP contribution in [0.5, 0.6) is 0 Å². The number of furan rings is 1. The van der Waals surface area contributed by atoms with E-state index in [9.17, 15) is 9.59 Å². The molecule has 1 aliphatic rings. The van der Waals surface area contributed by atoms with Crippen LogP contribution in [0.1, 0.15) is 41.6 Å². The van der Waals surface area contributed by atoms with Gasteiger partial charge in [-0.15, -0.1) is 0 Å². The van der Waals surface area contributed by atoms with Gasteiger partial charge in [0.05, 0.1) is 17.7 Å². The van der Waals surface area contributed by atoms with Crippen molar-refractivity contribution in [2.75, 3.05) is 19.6 Å². The minimum Gasteiger partial charge on any atom is -0.468 e. The van der Waals surface area contributed by atoms with Gasteiger partial charge in [0.1, 0.15) is 11.3 Å². The molecule has 1 N–H and O–H groups in total. The largest absolute Gasteiger partial charge is 0.468 e. The second-order valence-electron chi connectivity index (χ2n) is 6.81. The average molecular weight is 366 g/mol. The van der Waals surface area contributed by atoms with Crippen LogP contribution in [0.2, 0.25) is 0 Å². The number of amides is 1. The van der Waals surface area contributed by atoms with Crippen LogP contribution in [-0.2, 0) is 0 Å². The third-order valence-corrected chi connectivity index (χ3v) is 5.02. The van der Waals surface area contributed by atoms with Crippen molar-refractivity contribution in [3.8, 4) is 0 Å². The molecular weight excluding hydrogens is 344 g/mol. The van der Waals surface area contributed by atoms with Crippen LogP contribution < -0.4 is 10.7 Å². The van der Waals surface area contributed by atoms with Crippen molar-refractivity contribution < 1.29 is 13.6 Å². The van der Waals surface area contributed by atoms with Gasteiger partial charge in [-0.3, -0.25) is 14.5 Å². The number of carbonyl (C=O) groups is 1. The molecule has 1 aliphatic heterocycles. The first kappa shape index (κ1) is 17.5. The van der Waals surface area contributed by atoms with E-state index in [1.165, 1.54) is 12.5 Å². The molecule has 1 saturated heterocycles. The zero-order valence-corrected chi connectivity index (χ0v) is 15.0. The third kappa shape index (κ3) is 3.80. The van der Waals surface area contributed by atoms with Crippen molar-refractivity contribution in [1.82, 2.24) is 10.2 Å². The highest BCUT2D eigenvalue weighted by molar-refractivity contribution is 5.93. The van der Waals surface area contributed by atoms with E-state index in [2.05, 4.69) is 10.2 Å². The number of benzene rings is 1. The molecule has 1 aromatic carbocycles. The van der Waals surface area contributed by atoms with E-state index >= 15 is 0 Å². The first-order valence-electron chi connectivity index (χ1n) is 9.31. The van der Waals surface area contributed by atoms with E-state index in [0.29, 0.717) is 17.5 Å². The van der Waals surface area contributed by atoms with Gasteiger partial charge in [-0.05, 0) is 50.2 Å². The fourth-order valence-electron chi connectivity index (χ4n) is 3.61. The number of hydrogen-bond acceptors (Lipinski definition) is 5. The van der Waals surface area contributed by atoms with Gasteiger partial charge < -0.3 is 14.2 Å². The smallest absolute Gasteiger partial charge is 0.287 e. The number of rotatable bonds is 5. The van der Waals surface area contributed by atoms with Gasteiger partial charge in [0.25, 0.3) is 5.91 Å². The van der Waals surface area contributed by atoms with E-state index in [1.54, 1.807) is 30.5 Å². The summed E-state index contributed by atoms with van der Waals surface area (Å²) in [5, 5.41) is 3.37. The lowest BCUT2D eigenvalue weighted by Crippen LogP contribution is -2.40. The van der Waals surface area contributed by atoms with Gasteiger partial charge in [0.2, 0.25) is 0 Å². The van der Waals surface area contributed by atoms with E-state index in [0.717, 1.165) is 31.7 Å². The number of para-hydroxylation sites is 1. The Morgan fingerprint density at radius 2 is 1.93 bits per heavy atom. The molecule has 140 valence electrons. The first-order chi connectivity index (χ1) is 13.2. The summed E-state index contributed by atoms with van der Waals surface area (Å²) < 4.78 is 11.2. The van der Waals surface area contributed by atoms with Crippen molar-refractivity contribution in [1.29, 1.82) is 0 Å². The molecule has 3 heterocycles. The second kappa shape index (κ2) is 7.80. The minimum atomic E-state index is -0.397. The average Bonchev–Trinajstić information content (AvgIpc) is 3.23. The zero-order valence-electron chi connectivity index (χ0n) is 15.0. The van der Waals surface area contributed by atoms with Crippen molar-refractivity contribution >= 4 is 16.9 Å². The molecule has 3 aromatic rings. The number of nitrogens with zero attached hydrogens (tertiary/aromatic N) is 1. The quantitative estimate of drug-likeness (QED) is 0.749. The van der Waals surface area contributed by atoms with E-state index in [4.69, 9.17) is 8.83 Å². The van der Waals surface area contributed by atoms with Crippen molar-refractivity contribution in [3.05, 3.63) is 70.5 Å². The summed E-state index contributed by atoms with van der Waals surface area (Å²) in [6.07, 6.45) is 5.17.